The molecule has 0 aliphatic rings. The summed E-state index contributed by atoms with van der Waals surface area (Å²) in [7, 11) is 0. The molecule has 0 aliphatic heterocycles. The number of hydrogen-bond acceptors (Lipinski definition) is 3. The van der Waals surface area contributed by atoms with Crippen LogP contribution in [0.15, 0.2) is 60.7 Å². The summed E-state index contributed by atoms with van der Waals surface area (Å²) in [6.07, 6.45) is -0.505. The number of ketones is 2. The molecule has 0 aliphatic carbocycles. The van der Waals surface area contributed by atoms with E-state index in [2.05, 4.69) is 0 Å². The maximum atomic E-state index is 10.1. The number of carboxylic acid groups (broad SMARTS) is 1. The molecule has 1 radical (unpaired) electrons. The van der Waals surface area contributed by atoms with Crippen LogP contribution in [0.4, 0.5) is 0 Å². The standard InChI is InChI=1S/C5H6O4.2C5H5.V/c1-3(6)2-4(7)5(8)9;2*1-2-4-5-3-1;/h2H2,1H3,(H,8,9);2*1-5H;/q;2*-1;+2. The van der Waals surface area contributed by atoms with E-state index in [4.69, 9.17) is 5.11 Å². The molecular formula is C15H16O4V. The van der Waals surface area contributed by atoms with E-state index < -0.39 is 24.0 Å². The Labute approximate surface area is 130 Å². The molecule has 0 aromatic heterocycles. The molecule has 1 N–H and O–H groups in total. The van der Waals surface area contributed by atoms with E-state index in [0.29, 0.717) is 0 Å². The third kappa shape index (κ3) is 14.2. The van der Waals surface area contributed by atoms with Crippen molar-refractivity contribution in [2.45, 2.75) is 13.3 Å². The summed E-state index contributed by atoms with van der Waals surface area (Å²) in [5, 5.41) is 7.93. The molecule has 5 heteroatoms. The molecule has 0 fully saturated rings. The van der Waals surface area contributed by atoms with E-state index in [1.165, 1.54) is 6.92 Å². The molecule has 2 aromatic rings. The van der Waals surface area contributed by atoms with Gasteiger partial charge in [0.25, 0.3) is 0 Å². The fourth-order valence-corrected chi connectivity index (χ4v) is 0.943. The van der Waals surface area contributed by atoms with E-state index in [9.17, 15) is 14.4 Å². The number of carboxylic acids is 1. The van der Waals surface area contributed by atoms with Crippen LogP contribution in [0.3, 0.4) is 0 Å². The van der Waals surface area contributed by atoms with E-state index in [0.717, 1.165) is 0 Å². The minimum Gasteiger partial charge on any atom is -0.475 e. The van der Waals surface area contributed by atoms with Gasteiger partial charge >= 0.3 is 24.5 Å². The van der Waals surface area contributed by atoms with Gasteiger partial charge in [0.05, 0.1) is 6.42 Å². The van der Waals surface area contributed by atoms with Gasteiger partial charge in [0, 0.05) is 0 Å². The van der Waals surface area contributed by atoms with Crippen LogP contribution in [-0.2, 0) is 32.9 Å². The second-order valence-corrected chi connectivity index (χ2v) is 3.53. The number of Topliss-reactive ketones (excluding diaryl/α,β-unsaturated/α-hetero) is 2. The van der Waals surface area contributed by atoms with Gasteiger partial charge in [-0.3, -0.25) is 9.59 Å². The fraction of sp³-hybridized carbons (Fsp3) is 0.133. The third-order valence-corrected chi connectivity index (χ3v) is 1.76. The topological polar surface area (TPSA) is 71.4 Å². The molecular weight excluding hydrogens is 295 g/mol. The van der Waals surface area contributed by atoms with Crippen molar-refractivity contribution >= 4 is 17.5 Å². The summed E-state index contributed by atoms with van der Waals surface area (Å²) >= 11 is 0. The van der Waals surface area contributed by atoms with Crippen LogP contribution in [-0.4, -0.2) is 22.6 Å². The smallest absolute Gasteiger partial charge is 0.475 e. The van der Waals surface area contributed by atoms with Crippen molar-refractivity contribution in [3.63, 3.8) is 0 Å². The number of aliphatic carboxylic acids is 1. The molecule has 0 saturated heterocycles. The van der Waals surface area contributed by atoms with E-state index in [1.807, 2.05) is 60.7 Å². The summed E-state index contributed by atoms with van der Waals surface area (Å²) in [5.41, 5.74) is 0. The molecule has 105 valence electrons. The van der Waals surface area contributed by atoms with Crippen LogP contribution in [0, 0.1) is 0 Å². The van der Waals surface area contributed by atoms with Crippen LogP contribution < -0.4 is 0 Å². The average molecular weight is 311 g/mol. The van der Waals surface area contributed by atoms with Crippen LogP contribution in [0.1, 0.15) is 13.3 Å². The zero-order valence-corrected chi connectivity index (χ0v) is 12.5. The van der Waals surface area contributed by atoms with Gasteiger partial charge in [0.15, 0.2) is 0 Å². The van der Waals surface area contributed by atoms with Gasteiger partial charge in [-0.1, -0.05) is 0 Å². The number of rotatable bonds is 3. The second kappa shape index (κ2) is 13.5. The van der Waals surface area contributed by atoms with E-state index >= 15 is 0 Å². The van der Waals surface area contributed by atoms with Gasteiger partial charge in [-0.25, -0.2) is 29.1 Å². The average Bonchev–Trinajstić information content (AvgIpc) is 3.07. The Bertz CT molecular complexity index is 397. The Morgan fingerprint density at radius 3 is 1.35 bits per heavy atom. The Morgan fingerprint density at radius 2 is 1.25 bits per heavy atom. The minimum atomic E-state index is -1.55. The Kier molecular flexibility index (Phi) is 13.8. The zero-order chi connectivity index (χ0) is 14.5. The van der Waals surface area contributed by atoms with Crippen LogP contribution in [0.5, 0.6) is 0 Å². The van der Waals surface area contributed by atoms with Gasteiger partial charge in [-0.15, -0.1) is 0 Å². The van der Waals surface area contributed by atoms with Crippen LogP contribution >= 0.6 is 0 Å². The monoisotopic (exact) mass is 311 g/mol. The van der Waals surface area contributed by atoms with Crippen molar-refractivity contribution in [1.82, 2.24) is 0 Å². The van der Waals surface area contributed by atoms with Gasteiger partial charge < -0.3 is 5.11 Å². The van der Waals surface area contributed by atoms with Crippen LogP contribution in [0.2, 0.25) is 0 Å². The SMILES string of the molecule is CC(=O)CC(=O)C(=O)O.[V+2].c1cc[cH-]c1.c1cc[cH-]c1. The van der Waals surface area contributed by atoms with Gasteiger partial charge in [-0.05, 0) is 6.92 Å². The second-order valence-electron chi connectivity index (χ2n) is 3.53. The first-order valence-electron chi connectivity index (χ1n) is 5.63. The fourth-order valence-electron chi connectivity index (χ4n) is 0.943. The molecule has 0 saturated carbocycles. The van der Waals surface area contributed by atoms with Crippen molar-refractivity contribution in [3.8, 4) is 0 Å². The molecule has 2 aromatic carbocycles. The van der Waals surface area contributed by atoms with E-state index in [-0.39, 0.29) is 18.6 Å². The number of carbonyl (C=O) groups is 3. The first-order chi connectivity index (χ1) is 9.04. The molecule has 0 heterocycles. The summed E-state index contributed by atoms with van der Waals surface area (Å²) in [5.74, 6) is -3.03. The third-order valence-electron chi connectivity index (χ3n) is 1.76. The van der Waals surface area contributed by atoms with Crippen molar-refractivity contribution in [3.05, 3.63) is 60.7 Å². The van der Waals surface area contributed by atoms with Gasteiger partial charge in [0.1, 0.15) is 5.78 Å². The first-order valence-corrected chi connectivity index (χ1v) is 5.63. The molecule has 20 heavy (non-hydrogen) atoms. The number of hydrogen-bond donors (Lipinski definition) is 1. The quantitative estimate of drug-likeness (QED) is 0.537. The summed E-state index contributed by atoms with van der Waals surface area (Å²) in [6.45, 7) is 1.17. The summed E-state index contributed by atoms with van der Waals surface area (Å²) in [6, 6.07) is 20.0. The van der Waals surface area contributed by atoms with Gasteiger partial charge in [0.2, 0.25) is 5.78 Å². The normalized spacial score (nSPS) is 7.85. The Morgan fingerprint density at radius 1 is 0.900 bits per heavy atom. The first kappa shape index (κ1) is 20.4. The van der Waals surface area contributed by atoms with Crippen molar-refractivity contribution in [2.75, 3.05) is 0 Å². The predicted octanol–water partition coefficient (Wildman–Crippen LogP) is 2.43. The van der Waals surface area contributed by atoms with Crippen LogP contribution in [0.25, 0.3) is 0 Å². The largest absolute Gasteiger partial charge is 2.00 e. The van der Waals surface area contributed by atoms with E-state index in [1.54, 1.807) is 0 Å². The zero-order valence-electron chi connectivity index (χ0n) is 11.1. The number of carbonyl (C=O) groups excluding carboxylic acids is 2. The maximum Gasteiger partial charge on any atom is 2.00 e. The molecule has 0 amide bonds. The Balaban J connectivity index is 0. The maximum absolute atomic E-state index is 10.1. The molecule has 2 rings (SSSR count). The Hall–Kier alpha value is -1.91. The molecule has 0 unspecified atom stereocenters. The predicted molar refractivity (Wildman–Crippen MR) is 72.0 cm³/mol. The summed E-state index contributed by atoms with van der Waals surface area (Å²) < 4.78 is 0. The molecule has 0 bridgehead atoms. The van der Waals surface area contributed by atoms with Crippen molar-refractivity contribution in [1.29, 1.82) is 0 Å². The van der Waals surface area contributed by atoms with Crippen molar-refractivity contribution < 1.29 is 38.0 Å². The summed E-state index contributed by atoms with van der Waals surface area (Å²) in [4.78, 5) is 29.9. The molecule has 0 spiro atoms. The van der Waals surface area contributed by atoms with Gasteiger partial charge in [-0.2, -0.15) is 36.4 Å². The minimum absolute atomic E-state index is 0. The molecule has 0 atom stereocenters. The van der Waals surface area contributed by atoms with Crippen molar-refractivity contribution in [2.24, 2.45) is 0 Å². The molecule has 4 nitrogen and oxygen atoms in total.